The molecule has 194 valence electrons. The molecule has 0 fully saturated rings. The van der Waals surface area contributed by atoms with Crippen LogP contribution in [0.3, 0.4) is 0 Å². The van der Waals surface area contributed by atoms with Crippen LogP contribution in [0.4, 0.5) is 0 Å². The van der Waals surface area contributed by atoms with Crippen LogP contribution < -0.4 is 10.6 Å². The van der Waals surface area contributed by atoms with Crippen LogP contribution in [-0.4, -0.2) is 61.8 Å². The molecule has 4 aromatic rings. The molecular weight excluding hydrogens is 468 g/mol. The van der Waals surface area contributed by atoms with E-state index in [9.17, 15) is 10.2 Å². The summed E-state index contributed by atoms with van der Waals surface area (Å²) in [5.41, 5.74) is 0. The van der Waals surface area contributed by atoms with Crippen molar-refractivity contribution in [2.75, 3.05) is 39.4 Å². The zero-order valence-electron chi connectivity index (χ0n) is 19.8. The Labute approximate surface area is 208 Å². The molecule has 0 aromatic carbocycles. The predicted molar refractivity (Wildman–Crippen MR) is 128 cm³/mol. The lowest BCUT2D eigenvalue weighted by molar-refractivity contribution is -0.00988. The highest BCUT2D eigenvalue weighted by molar-refractivity contribution is 5.16. The molecule has 0 aliphatic heterocycles. The Hall–Kier alpha value is -3.12. The Morgan fingerprint density at radius 2 is 0.917 bits per heavy atom. The van der Waals surface area contributed by atoms with Gasteiger partial charge < -0.3 is 48.0 Å². The van der Waals surface area contributed by atoms with Gasteiger partial charge in [0.1, 0.15) is 23.0 Å². The summed E-state index contributed by atoms with van der Waals surface area (Å²) in [6.07, 6.45) is 3.81. The molecule has 4 rings (SSSR count). The second-order valence-corrected chi connectivity index (χ2v) is 8.20. The number of hydrogen-bond acceptors (Lipinski definition) is 10. The highest BCUT2D eigenvalue weighted by atomic mass is 16.5. The Balaban J connectivity index is 1.08. The molecule has 0 spiro atoms. The van der Waals surface area contributed by atoms with E-state index < -0.39 is 24.4 Å². The summed E-state index contributed by atoms with van der Waals surface area (Å²) in [6, 6.07) is 14.3. The maximum Gasteiger partial charge on any atom is 0.172 e. The third-order valence-electron chi connectivity index (χ3n) is 5.36. The largest absolute Gasteiger partial charge is 0.466 e. The maximum atomic E-state index is 10.3. The first kappa shape index (κ1) is 26.0. The van der Waals surface area contributed by atoms with Crippen molar-refractivity contribution in [1.82, 2.24) is 10.6 Å². The molecule has 4 N–H and O–H groups in total. The standard InChI is InChI=1S/C26H32N2O8/c29-19(17-35-25(21-5-1-11-31-21)22-6-2-12-32-22)15-27-9-10-28-16-20(30)18-36-26(23-7-3-13-33-23)24-8-4-14-34-24/h1-8,11-14,19-20,25-30H,9-10,15-18H2/t19-,20-/m0/s1. The number of nitrogens with one attached hydrogen (secondary N) is 2. The van der Waals surface area contributed by atoms with E-state index in [2.05, 4.69) is 10.6 Å². The molecule has 10 nitrogen and oxygen atoms in total. The van der Waals surface area contributed by atoms with Crippen molar-refractivity contribution < 1.29 is 37.4 Å². The van der Waals surface area contributed by atoms with Crippen LogP contribution in [-0.2, 0) is 9.47 Å². The van der Waals surface area contributed by atoms with Crippen molar-refractivity contribution in [2.24, 2.45) is 0 Å². The van der Waals surface area contributed by atoms with Crippen LogP contribution in [0.15, 0.2) is 91.3 Å². The topological polar surface area (TPSA) is 136 Å². The zero-order chi connectivity index (χ0) is 25.0. The van der Waals surface area contributed by atoms with Gasteiger partial charge in [0, 0.05) is 26.2 Å². The van der Waals surface area contributed by atoms with E-state index in [4.69, 9.17) is 27.1 Å². The van der Waals surface area contributed by atoms with Gasteiger partial charge in [-0.2, -0.15) is 0 Å². The molecule has 0 aliphatic rings. The second-order valence-electron chi connectivity index (χ2n) is 8.20. The van der Waals surface area contributed by atoms with E-state index in [0.29, 0.717) is 49.2 Å². The number of rotatable bonds is 17. The molecule has 10 heteroatoms. The van der Waals surface area contributed by atoms with Crippen molar-refractivity contribution in [2.45, 2.75) is 24.4 Å². The first-order valence-electron chi connectivity index (χ1n) is 11.8. The first-order chi connectivity index (χ1) is 17.7. The molecule has 4 heterocycles. The number of aliphatic hydroxyl groups is 2. The fourth-order valence-electron chi connectivity index (χ4n) is 3.62. The Bertz CT molecular complexity index is 893. The van der Waals surface area contributed by atoms with Gasteiger partial charge in [0.05, 0.1) is 50.5 Å². The van der Waals surface area contributed by atoms with E-state index in [0.717, 1.165) is 0 Å². The molecule has 4 aromatic heterocycles. The monoisotopic (exact) mass is 500 g/mol. The van der Waals surface area contributed by atoms with Crippen LogP contribution >= 0.6 is 0 Å². The Morgan fingerprint density at radius 1 is 0.583 bits per heavy atom. The Kier molecular flexibility index (Phi) is 9.97. The molecule has 0 aliphatic carbocycles. The third-order valence-corrected chi connectivity index (χ3v) is 5.36. The fraction of sp³-hybridized carbons (Fsp3) is 0.385. The summed E-state index contributed by atoms with van der Waals surface area (Å²) in [7, 11) is 0. The van der Waals surface area contributed by atoms with E-state index >= 15 is 0 Å². The van der Waals surface area contributed by atoms with E-state index in [-0.39, 0.29) is 13.2 Å². The van der Waals surface area contributed by atoms with Crippen LogP contribution in [0.5, 0.6) is 0 Å². The summed E-state index contributed by atoms with van der Waals surface area (Å²) >= 11 is 0. The van der Waals surface area contributed by atoms with Gasteiger partial charge in [-0.1, -0.05) is 0 Å². The minimum absolute atomic E-state index is 0.106. The highest BCUT2D eigenvalue weighted by Crippen LogP contribution is 2.28. The quantitative estimate of drug-likeness (QED) is 0.160. The lowest BCUT2D eigenvalue weighted by Crippen LogP contribution is -2.38. The minimum atomic E-state index is -0.712. The van der Waals surface area contributed by atoms with Crippen molar-refractivity contribution >= 4 is 0 Å². The lowest BCUT2D eigenvalue weighted by Gasteiger charge is -2.18. The molecule has 0 saturated heterocycles. The summed E-state index contributed by atoms with van der Waals surface area (Å²) in [5.74, 6) is 2.43. The SMILES string of the molecule is O[C@@H](CNCCNC[C@H](O)COC(c1ccco1)c1ccco1)COC(c1ccco1)c1ccco1. The normalized spacial score (nSPS) is 13.6. The smallest absolute Gasteiger partial charge is 0.172 e. The lowest BCUT2D eigenvalue weighted by atomic mass is 10.2. The summed E-state index contributed by atoms with van der Waals surface area (Å²) in [4.78, 5) is 0. The third kappa shape index (κ3) is 7.69. The van der Waals surface area contributed by atoms with Crippen molar-refractivity contribution in [3.63, 3.8) is 0 Å². The number of furan rings is 4. The number of aliphatic hydroxyl groups excluding tert-OH is 2. The molecule has 0 amide bonds. The first-order valence-corrected chi connectivity index (χ1v) is 11.8. The van der Waals surface area contributed by atoms with Gasteiger partial charge in [-0.25, -0.2) is 0 Å². The summed E-state index contributed by atoms with van der Waals surface area (Å²) in [5, 5.41) is 26.9. The van der Waals surface area contributed by atoms with Gasteiger partial charge in [-0.3, -0.25) is 0 Å². The maximum absolute atomic E-state index is 10.3. The van der Waals surface area contributed by atoms with E-state index in [1.165, 1.54) is 0 Å². The average molecular weight is 501 g/mol. The number of ether oxygens (including phenoxy) is 2. The minimum Gasteiger partial charge on any atom is -0.466 e. The van der Waals surface area contributed by atoms with Gasteiger partial charge in [0.25, 0.3) is 0 Å². The fourth-order valence-corrected chi connectivity index (χ4v) is 3.62. The van der Waals surface area contributed by atoms with Gasteiger partial charge in [-0.15, -0.1) is 0 Å². The van der Waals surface area contributed by atoms with Gasteiger partial charge in [0.15, 0.2) is 12.2 Å². The summed E-state index contributed by atoms with van der Waals surface area (Å²) in [6.45, 7) is 2.12. The highest BCUT2D eigenvalue weighted by Gasteiger charge is 2.23. The molecule has 2 atom stereocenters. The van der Waals surface area contributed by atoms with E-state index in [1.807, 2.05) is 0 Å². The summed E-state index contributed by atoms with van der Waals surface area (Å²) < 4.78 is 33.4. The molecule has 0 saturated carbocycles. The zero-order valence-corrected chi connectivity index (χ0v) is 19.8. The van der Waals surface area contributed by atoms with Gasteiger partial charge in [-0.05, 0) is 48.5 Å². The average Bonchev–Trinajstić information content (AvgIpc) is 3.71. The van der Waals surface area contributed by atoms with Crippen LogP contribution in [0.1, 0.15) is 35.2 Å². The van der Waals surface area contributed by atoms with Crippen LogP contribution in [0.25, 0.3) is 0 Å². The van der Waals surface area contributed by atoms with Crippen molar-refractivity contribution in [1.29, 1.82) is 0 Å². The van der Waals surface area contributed by atoms with Gasteiger partial charge in [0.2, 0.25) is 0 Å². The Morgan fingerprint density at radius 3 is 1.19 bits per heavy atom. The van der Waals surface area contributed by atoms with Crippen LogP contribution in [0.2, 0.25) is 0 Å². The van der Waals surface area contributed by atoms with E-state index in [1.54, 1.807) is 73.6 Å². The number of hydrogen-bond donors (Lipinski definition) is 4. The van der Waals surface area contributed by atoms with Crippen molar-refractivity contribution in [3.05, 3.63) is 96.6 Å². The van der Waals surface area contributed by atoms with Gasteiger partial charge >= 0.3 is 0 Å². The molecular formula is C26H32N2O8. The van der Waals surface area contributed by atoms with Crippen LogP contribution in [0, 0.1) is 0 Å². The van der Waals surface area contributed by atoms with Crippen molar-refractivity contribution in [3.8, 4) is 0 Å². The predicted octanol–water partition coefficient (Wildman–Crippen LogP) is 2.87. The second kappa shape index (κ2) is 13.8. The molecule has 36 heavy (non-hydrogen) atoms. The molecule has 0 bridgehead atoms. The molecule has 0 unspecified atom stereocenters. The molecule has 0 radical (unpaired) electrons.